The Hall–Kier alpha value is -1.35. The van der Waals surface area contributed by atoms with Crippen LogP contribution in [0.3, 0.4) is 0 Å². The van der Waals surface area contributed by atoms with Crippen molar-refractivity contribution in [2.75, 3.05) is 0 Å². The standard InChI is InChI=1S/C12H10BrNO/c1-9-8-10(13)2-3-12(9)15-11-4-6-14-7-5-11/h2-8H,1H3. The van der Waals surface area contributed by atoms with Crippen LogP contribution >= 0.6 is 15.9 Å². The molecule has 15 heavy (non-hydrogen) atoms. The lowest BCUT2D eigenvalue weighted by atomic mass is 10.2. The molecule has 1 heterocycles. The van der Waals surface area contributed by atoms with E-state index in [-0.39, 0.29) is 0 Å². The maximum Gasteiger partial charge on any atom is 0.130 e. The lowest BCUT2D eigenvalue weighted by Gasteiger charge is -2.08. The first-order valence-corrected chi connectivity index (χ1v) is 5.39. The van der Waals surface area contributed by atoms with Crippen LogP contribution in [0.5, 0.6) is 11.5 Å². The number of hydrogen-bond donors (Lipinski definition) is 0. The summed E-state index contributed by atoms with van der Waals surface area (Å²) >= 11 is 3.42. The Labute approximate surface area is 97.1 Å². The van der Waals surface area contributed by atoms with Gasteiger partial charge in [0.1, 0.15) is 11.5 Å². The Morgan fingerprint density at radius 1 is 1.13 bits per heavy atom. The van der Waals surface area contributed by atoms with E-state index < -0.39 is 0 Å². The second-order valence-electron chi connectivity index (χ2n) is 3.19. The highest BCUT2D eigenvalue weighted by molar-refractivity contribution is 9.10. The summed E-state index contributed by atoms with van der Waals surface area (Å²) in [5, 5.41) is 0. The largest absolute Gasteiger partial charge is 0.457 e. The summed E-state index contributed by atoms with van der Waals surface area (Å²) < 4.78 is 6.76. The predicted molar refractivity (Wildman–Crippen MR) is 63.2 cm³/mol. The van der Waals surface area contributed by atoms with Crippen molar-refractivity contribution < 1.29 is 4.74 Å². The summed E-state index contributed by atoms with van der Waals surface area (Å²) in [6.45, 7) is 2.02. The molecule has 0 N–H and O–H groups in total. The van der Waals surface area contributed by atoms with Crippen LogP contribution in [-0.2, 0) is 0 Å². The number of halogens is 1. The van der Waals surface area contributed by atoms with Crippen molar-refractivity contribution in [3.05, 3.63) is 52.8 Å². The Bertz CT molecular complexity index is 456. The first kappa shape index (κ1) is 10.2. The molecule has 0 amide bonds. The van der Waals surface area contributed by atoms with E-state index in [0.29, 0.717) is 0 Å². The molecule has 0 aliphatic rings. The summed E-state index contributed by atoms with van der Waals surface area (Å²) in [5.74, 6) is 1.67. The Kier molecular flexibility index (Phi) is 3.02. The fourth-order valence-corrected chi connectivity index (χ4v) is 1.74. The zero-order valence-corrected chi connectivity index (χ0v) is 9.86. The molecule has 2 rings (SSSR count). The molecule has 3 heteroatoms. The van der Waals surface area contributed by atoms with Crippen LogP contribution in [-0.4, -0.2) is 4.98 Å². The van der Waals surface area contributed by atoms with E-state index in [4.69, 9.17) is 4.74 Å². The molecule has 0 saturated heterocycles. The maximum absolute atomic E-state index is 5.70. The van der Waals surface area contributed by atoms with Crippen molar-refractivity contribution in [2.24, 2.45) is 0 Å². The number of benzene rings is 1. The minimum atomic E-state index is 0.801. The molecule has 0 bridgehead atoms. The average Bonchev–Trinajstić information content (AvgIpc) is 2.24. The van der Waals surface area contributed by atoms with Crippen molar-refractivity contribution in [3.63, 3.8) is 0 Å². The van der Waals surface area contributed by atoms with Gasteiger partial charge in [0.15, 0.2) is 0 Å². The maximum atomic E-state index is 5.70. The van der Waals surface area contributed by atoms with Crippen molar-refractivity contribution in [2.45, 2.75) is 6.92 Å². The Morgan fingerprint density at radius 2 is 1.87 bits per heavy atom. The highest BCUT2D eigenvalue weighted by Crippen LogP contribution is 2.26. The van der Waals surface area contributed by atoms with Gasteiger partial charge in [-0.15, -0.1) is 0 Å². The number of ether oxygens (including phenoxy) is 1. The second-order valence-corrected chi connectivity index (χ2v) is 4.11. The third-order valence-corrected chi connectivity index (χ3v) is 2.51. The van der Waals surface area contributed by atoms with Crippen LogP contribution in [0, 0.1) is 6.92 Å². The molecule has 76 valence electrons. The van der Waals surface area contributed by atoms with Gasteiger partial charge in [0, 0.05) is 16.9 Å². The van der Waals surface area contributed by atoms with Crippen molar-refractivity contribution in [1.29, 1.82) is 0 Å². The molecule has 0 spiro atoms. The lowest BCUT2D eigenvalue weighted by molar-refractivity contribution is 0.478. The Balaban J connectivity index is 2.25. The van der Waals surface area contributed by atoms with E-state index in [9.17, 15) is 0 Å². The van der Waals surface area contributed by atoms with E-state index in [1.807, 2.05) is 37.3 Å². The molecule has 2 aromatic rings. The van der Waals surface area contributed by atoms with Crippen LogP contribution in [0.2, 0.25) is 0 Å². The minimum absolute atomic E-state index is 0.801. The van der Waals surface area contributed by atoms with Gasteiger partial charge < -0.3 is 4.74 Å². The molecule has 0 saturated carbocycles. The monoisotopic (exact) mass is 263 g/mol. The highest BCUT2D eigenvalue weighted by Gasteiger charge is 2.01. The molecule has 0 unspecified atom stereocenters. The third kappa shape index (κ3) is 2.57. The summed E-state index contributed by atoms with van der Waals surface area (Å²) in [6, 6.07) is 9.60. The summed E-state index contributed by atoms with van der Waals surface area (Å²) in [7, 11) is 0. The first-order valence-electron chi connectivity index (χ1n) is 4.60. The predicted octanol–water partition coefficient (Wildman–Crippen LogP) is 3.94. The number of rotatable bonds is 2. The summed E-state index contributed by atoms with van der Waals surface area (Å²) in [4.78, 5) is 3.94. The fraction of sp³-hybridized carbons (Fsp3) is 0.0833. The average molecular weight is 264 g/mol. The van der Waals surface area contributed by atoms with Crippen LogP contribution in [0.15, 0.2) is 47.2 Å². The van der Waals surface area contributed by atoms with Gasteiger partial charge in [0.25, 0.3) is 0 Å². The molecular weight excluding hydrogens is 254 g/mol. The van der Waals surface area contributed by atoms with Gasteiger partial charge in [-0.2, -0.15) is 0 Å². The fourth-order valence-electron chi connectivity index (χ4n) is 1.26. The molecular formula is C12H10BrNO. The van der Waals surface area contributed by atoms with Crippen LogP contribution in [0.1, 0.15) is 5.56 Å². The zero-order chi connectivity index (χ0) is 10.7. The second kappa shape index (κ2) is 4.45. The van der Waals surface area contributed by atoms with Crippen molar-refractivity contribution in [1.82, 2.24) is 4.98 Å². The molecule has 1 aromatic heterocycles. The van der Waals surface area contributed by atoms with E-state index in [2.05, 4.69) is 20.9 Å². The Morgan fingerprint density at radius 3 is 2.53 bits per heavy atom. The van der Waals surface area contributed by atoms with Gasteiger partial charge in [0.2, 0.25) is 0 Å². The van der Waals surface area contributed by atoms with Gasteiger partial charge in [-0.05, 0) is 42.8 Å². The van der Waals surface area contributed by atoms with Gasteiger partial charge >= 0.3 is 0 Å². The lowest BCUT2D eigenvalue weighted by Crippen LogP contribution is -1.87. The molecule has 0 atom stereocenters. The van der Waals surface area contributed by atoms with E-state index in [1.54, 1.807) is 12.4 Å². The van der Waals surface area contributed by atoms with Gasteiger partial charge in [-0.1, -0.05) is 15.9 Å². The molecule has 0 aliphatic carbocycles. The summed E-state index contributed by atoms with van der Waals surface area (Å²) in [5.41, 5.74) is 1.10. The number of hydrogen-bond acceptors (Lipinski definition) is 2. The topological polar surface area (TPSA) is 22.1 Å². The van der Waals surface area contributed by atoms with Gasteiger partial charge in [-0.3, -0.25) is 4.98 Å². The van der Waals surface area contributed by atoms with Gasteiger partial charge in [-0.25, -0.2) is 0 Å². The van der Waals surface area contributed by atoms with Gasteiger partial charge in [0.05, 0.1) is 0 Å². The number of aromatic nitrogens is 1. The van der Waals surface area contributed by atoms with Crippen LogP contribution in [0.25, 0.3) is 0 Å². The number of aryl methyl sites for hydroxylation is 1. The molecule has 1 aromatic carbocycles. The SMILES string of the molecule is Cc1cc(Br)ccc1Oc1ccncc1. The highest BCUT2D eigenvalue weighted by atomic mass is 79.9. The van der Waals surface area contributed by atoms with Crippen LogP contribution in [0.4, 0.5) is 0 Å². The zero-order valence-electron chi connectivity index (χ0n) is 8.27. The minimum Gasteiger partial charge on any atom is -0.457 e. The smallest absolute Gasteiger partial charge is 0.130 e. The first-order chi connectivity index (χ1) is 7.25. The number of pyridine rings is 1. The van der Waals surface area contributed by atoms with Crippen molar-refractivity contribution >= 4 is 15.9 Å². The quantitative estimate of drug-likeness (QED) is 0.819. The third-order valence-electron chi connectivity index (χ3n) is 2.01. The normalized spacial score (nSPS) is 10.0. The van der Waals surface area contributed by atoms with E-state index >= 15 is 0 Å². The molecule has 2 nitrogen and oxygen atoms in total. The molecule has 0 fully saturated rings. The summed E-state index contributed by atoms with van der Waals surface area (Å²) in [6.07, 6.45) is 3.42. The molecule has 0 aliphatic heterocycles. The molecule has 0 radical (unpaired) electrons. The van der Waals surface area contributed by atoms with E-state index in [1.165, 1.54) is 0 Å². The number of nitrogens with zero attached hydrogens (tertiary/aromatic N) is 1. The van der Waals surface area contributed by atoms with Crippen molar-refractivity contribution in [3.8, 4) is 11.5 Å². The van der Waals surface area contributed by atoms with E-state index in [0.717, 1.165) is 21.5 Å². The van der Waals surface area contributed by atoms with Crippen LogP contribution < -0.4 is 4.74 Å².